The van der Waals surface area contributed by atoms with E-state index in [1.165, 1.54) is 5.56 Å². The Morgan fingerprint density at radius 3 is 2.17 bits per heavy atom. The maximum absolute atomic E-state index is 5.72. The normalized spacial score (nSPS) is 11.9. The number of benzene rings is 1. The van der Waals surface area contributed by atoms with Gasteiger partial charge in [-0.1, -0.05) is 29.8 Å². The van der Waals surface area contributed by atoms with Crippen molar-refractivity contribution in [2.24, 2.45) is 11.5 Å². The number of hydrogen-bond acceptors (Lipinski definition) is 2. The lowest BCUT2D eigenvalue weighted by atomic mass is 10.1. The molecule has 0 aliphatic heterocycles. The summed E-state index contributed by atoms with van der Waals surface area (Å²) in [5.74, 6) is 0. The van der Waals surface area contributed by atoms with E-state index < -0.39 is 0 Å². The van der Waals surface area contributed by atoms with E-state index in [4.69, 9.17) is 11.5 Å². The maximum Gasteiger partial charge on any atom is 0.0419 e. The number of hydrogen-bond donors (Lipinski definition) is 2. The van der Waals surface area contributed by atoms with Crippen LogP contribution in [0.1, 0.15) is 17.2 Å². The average Bonchev–Trinajstić information content (AvgIpc) is 2.05. The van der Waals surface area contributed by atoms with Crippen molar-refractivity contribution in [2.75, 3.05) is 6.54 Å². The van der Waals surface area contributed by atoms with E-state index in [2.05, 4.69) is 6.92 Å². The number of halogens is 1. The van der Waals surface area contributed by atoms with Crippen molar-refractivity contribution in [1.29, 1.82) is 0 Å². The van der Waals surface area contributed by atoms with Crippen molar-refractivity contribution in [3.8, 4) is 0 Å². The second-order valence-corrected chi connectivity index (χ2v) is 2.75. The van der Waals surface area contributed by atoms with Gasteiger partial charge in [-0.15, -0.1) is 12.4 Å². The molecule has 0 bridgehead atoms. The van der Waals surface area contributed by atoms with Gasteiger partial charge in [-0.2, -0.15) is 0 Å². The Bertz CT molecular complexity index is 220. The summed E-state index contributed by atoms with van der Waals surface area (Å²) in [5.41, 5.74) is 13.5. The molecule has 0 aliphatic rings. The molecule has 0 heterocycles. The summed E-state index contributed by atoms with van der Waals surface area (Å²) in [7, 11) is 0. The molecule has 1 atom stereocenters. The van der Waals surface area contributed by atoms with Crippen LogP contribution < -0.4 is 11.5 Å². The summed E-state index contributed by atoms with van der Waals surface area (Å²) in [6, 6.07) is 8.12. The molecule has 0 saturated carbocycles. The molecule has 1 rings (SSSR count). The van der Waals surface area contributed by atoms with Crippen LogP contribution in [0.25, 0.3) is 0 Å². The molecule has 0 aliphatic carbocycles. The van der Waals surface area contributed by atoms with Gasteiger partial charge < -0.3 is 11.5 Å². The molecule has 0 amide bonds. The fourth-order valence-electron chi connectivity index (χ4n) is 0.950. The van der Waals surface area contributed by atoms with Gasteiger partial charge >= 0.3 is 0 Å². The summed E-state index contributed by atoms with van der Waals surface area (Å²) < 4.78 is 0. The Morgan fingerprint density at radius 2 is 1.75 bits per heavy atom. The fourth-order valence-corrected chi connectivity index (χ4v) is 0.950. The van der Waals surface area contributed by atoms with Gasteiger partial charge in [-0.05, 0) is 12.5 Å². The van der Waals surface area contributed by atoms with Gasteiger partial charge in [0, 0.05) is 12.6 Å². The minimum atomic E-state index is -0.0180. The van der Waals surface area contributed by atoms with Crippen LogP contribution >= 0.6 is 12.4 Å². The van der Waals surface area contributed by atoms with E-state index in [0.29, 0.717) is 6.54 Å². The first kappa shape index (κ1) is 11.4. The van der Waals surface area contributed by atoms with Gasteiger partial charge in [0.15, 0.2) is 0 Å². The molecule has 1 aromatic rings. The Morgan fingerprint density at radius 1 is 1.25 bits per heavy atom. The first-order valence-electron chi connectivity index (χ1n) is 3.76. The molecule has 12 heavy (non-hydrogen) atoms. The molecule has 1 aromatic carbocycles. The molecule has 0 fully saturated rings. The lowest BCUT2D eigenvalue weighted by Crippen LogP contribution is -2.20. The van der Waals surface area contributed by atoms with Crippen LogP contribution in [0.3, 0.4) is 0 Å². The zero-order valence-electron chi connectivity index (χ0n) is 7.16. The third-order valence-corrected chi connectivity index (χ3v) is 1.76. The molecular weight excluding hydrogens is 172 g/mol. The van der Waals surface area contributed by atoms with Crippen LogP contribution in [0, 0.1) is 6.92 Å². The second-order valence-electron chi connectivity index (χ2n) is 2.75. The number of aryl methyl sites for hydroxylation is 1. The van der Waals surface area contributed by atoms with Gasteiger partial charge in [0.05, 0.1) is 0 Å². The zero-order valence-corrected chi connectivity index (χ0v) is 7.97. The van der Waals surface area contributed by atoms with Crippen LogP contribution in [0.2, 0.25) is 0 Å². The van der Waals surface area contributed by atoms with Crippen molar-refractivity contribution in [3.63, 3.8) is 0 Å². The average molecular weight is 187 g/mol. The first-order valence-corrected chi connectivity index (χ1v) is 3.76. The van der Waals surface area contributed by atoms with E-state index in [9.17, 15) is 0 Å². The Kier molecular flexibility index (Phi) is 4.90. The van der Waals surface area contributed by atoms with Crippen molar-refractivity contribution < 1.29 is 0 Å². The number of nitrogens with two attached hydrogens (primary N) is 2. The van der Waals surface area contributed by atoms with E-state index in [1.807, 2.05) is 24.3 Å². The Hall–Kier alpha value is -0.570. The van der Waals surface area contributed by atoms with Crippen LogP contribution in [0.15, 0.2) is 24.3 Å². The van der Waals surface area contributed by atoms with Crippen molar-refractivity contribution in [3.05, 3.63) is 35.4 Å². The molecule has 0 saturated heterocycles. The summed E-state index contributed by atoms with van der Waals surface area (Å²) >= 11 is 0. The van der Waals surface area contributed by atoms with Crippen LogP contribution in [0.4, 0.5) is 0 Å². The van der Waals surface area contributed by atoms with Crippen LogP contribution in [0.5, 0.6) is 0 Å². The van der Waals surface area contributed by atoms with Gasteiger partial charge in [0.2, 0.25) is 0 Å². The van der Waals surface area contributed by atoms with E-state index >= 15 is 0 Å². The maximum atomic E-state index is 5.72. The third kappa shape index (κ3) is 2.81. The molecule has 0 aromatic heterocycles. The van der Waals surface area contributed by atoms with E-state index in [1.54, 1.807) is 0 Å². The molecule has 0 unspecified atom stereocenters. The monoisotopic (exact) mass is 186 g/mol. The molecule has 4 N–H and O–H groups in total. The smallest absolute Gasteiger partial charge is 0.0419 e. The van der Waals surface area contributed by atoms with Crippen molar-refractivity contribution in [2.45, 2.75) is 13.0 Å². The largest absolute Gasteiger partial charge is 0.329 e. The quantitative estimate of drug-likeness (QED) is 0.733. The highest BCUT2D eigenvalue weighted by atomic mass is 35.5. The van der Waals surface area contributed by atoms with E-state index in [-0.39, 0.29) is 18.4 Å². The minimum Gasteiger partial charge on any atom is -0.329 e. The number of rotatable bonds is 2. The molecule has 3 heteroatoms. The minimum absolute atomic E-state index is 0. The first-order chi connectivity index (χ1) is 5.24. The fraction of sp³-hybridized carbons (Fsp3) is 0.333. The highest BCUT2D eigenvalue weighted by Gasteiger charge is 2.00. The Balaban J connectivity index is 0.00000121. The second kappa shape index (κ2) is 5.14. The van der Waals surface area contributed by atoms with Gasteiger partial charge in [-0.25, -0.2) is 0 Å². The highest BCUT2D eigenvalue weighted by molar-refractivity contribution is 5.85. The van der Waals surface area contributed by atoms with Crippen LogP contribution in [-0.4, -0.2) is 6.54 Å². The highest BCUT2D eigenvalue weighted by Crippen LogP contribution is 2.09. The SMILES string of the molecule is Cc1ccc([C@H](N)CN)cc1.Cl. The molecular formula is C9H15ClN2. The zero-order chi connectivity index (χ0) is 8.27. The molecule has 0 radical (unpaired) electrons. The third-order valence-electron chi connectivity index (χ3n) is 1.76. The lowest BCUT2D eigenvalue weighted by Gasteiger charge is -2.08. The van der Waals surface area contributed by atoms with Gasteiger partial charge in [0.1, 0.15) is 0 Å². The standard InChI is InChI=1S/C9H14N2.ClH/c1-7-2-4-8(5-3-7)9(11)6-10;/h2-5,9H,6,10-11H2,1H3;1H/t9-;/m1./s1. The lowest BCUT2D eigenvalue weighted by molar-refractivity contribution is 0.737. The summed E-state index contributed by atoms with van der Waals surface area (Å²) in [6.45, 7) is 2.56. The molecule has 68 valence electrons. The van der Waals surface area contributed by atoms with Crippen molar-refractivity contribution in [1.82, 2.24) is 0 Å². The van der Waals surface area contributed by atoms with Crippen molar-refractivity contribution >= 4 is 12.4 Å². The predicted molar refractivity (Wildman–Crippen MR) is 54.4 cm³/mol. The van der Waals surface area contributed by atoms with Gasteiger partial charge in [0.25, 0.3) is 0 Å². The summed E-state index contributed by atoms with van der Waals surface area (Å²) in [4.78, 5) is 0. The van der Waals surface area contributed by atoms with Crippen LogP contribution in [-0.2, 0) is 0 Å². The molecule has 0 spiro atoms. The molecule has 2 nitrogen and oxygen atoms in total. The van der Waals surface area contributed by atoms with E-state index in [0.717, 1.165) is 5.56 Å². The predicted octanol–water partition coefficient (Wildman–Crippen LogP) is 1.38. The summed E-state index contributed by atoms with van der Waals surface area (Å²) in [5, 5.41) is 0. The summed E-state index contributed by atoms with van der Waals surface area (Å²) in [6.07, 6.45) is 0. The van der Waals surface area contributed by atoms with Gasteiger partial charge in [-0.3, -0.25) is 0 Å². The Labute approximate surface area is 79.4 Å². The topological polar surface area (TPSA) is 52.0 Å².